The van der Waals surface area contributed by atoms with Crippen LogP contribution in [0.3, 0.4) is 0 Å². The van der Waals surface area contributed by atoms with Crippen molar-refractivity contribution in [2.24, 2.45) is 5.73 Å². The Bertz CT molecular complexity index is 456. The van der Waals surface area contributed by atoms with Gasteiger partial charge in [0.05, 0.1) is 7.11 Å². The van der Waals surface area contributed by atoms with Crippen LogP contribution >= 0.6 is 0 Å². The molecule has 2 rings (SSSR count). The lowest BCUT2D eigenvalue weighted by molar-refractivity contribution is 0.0882. The van der Waals surface area contributed by atoms with Gasteiger partial charge in [0, 0.05) is 17.6 Å². The average Bonchev–Trinajstić information content (AvgIpc) is 2.74. The van der Waals surface area contributed by atoms with Crippen LogP contribution in [0.15, 0.2) is 18.2 Å². The summed E-state index contributed by atoms with van der Waals surface area (Å²) in [6, 6.07) is 6.71. The Morgan fingerprint density at radius 2 is 2.11 bits per heavy atom. The molecule has 3 heteroatoms. The van der Waals surface area contributed by atoms with E-state index in [0.29, 0.717) is 6.04 Å². The Morgan fingerprint density at radius 3 is 2.68 bits per heavy atom. The van der Waals surface area contributed by atoms with Gasteiger partial charge >= 0.3 is 0 Å². The van der Waals surface area contributed by atoms with Gasteiger partial charge in [0.15, 0.2) is 0 Å². The van der Waals surface area contributed by atoms with E-state index >= 15 is 0 Å². The van der Waals surface area contributed by atoms with Crippen LogP contribution < -0.4 is 10.5 Å². The average molecular weight is 262 g/mol. The van der Waals surface area contributed by atoms with Gasteiger partial charge in [0.25, 0.3) is 0 Å². The van der Waals surface area contributed by atoms with Crippen molar-refractivity contribution in [2.45, 2.75) is 51.2 Å². The summed E-state index contributed by atoms with van der Waals surface area (Å²) in [5, 5.41) is 0. The predicted octanol–water partition coefficient (Wildman–Crippen LogP) is 2.74. The molecular weight excluding hydrogens is 236 g/mol. The van der Waals surface area contributed by atoms with Gasteiger partial charge in [0.1, 0.15) is 5.75 Å². The molecule has 2 unspecified atom stereocenters. The molecule has 106 valence electrons. The van der Waals surface area contributed by atoms with Crippen molar-refractivity contribution in [3.05, 3.63) is 29.3 Å². The second-order valence-electron chi connectivity index (χ2n) is 6.14. The zero-order chi connectivity index (χ0) is 14.2. The van der Waals surface area contributed by atoms with Crippen molar-refractivity contribution in [2.75, 3.05) is 14.2 Å². The standard InChI is InChI=1S/C16H26N2O/c1-6-16(2,3)18(4)14-9-11-7-8-12(19-5)10-13(11)15(14)17/h7-8,10,14-15H,6,9,17H2,1-5H3. The van der Waals surface area contributed by atoms with E-state index in [1.54, 1.807) is 7.11 Å². The SMILES string of the molecule is CCC(C)(C)N(C)C1Cc2ccc(OC)cc2C1N. The molecule has 1 aliphatic carbocycles. The van der Waals surface area contributed by atoms with Crippen LogP contribution in [0, 0.1) is 0 Å². The lowest BCUT2D eigenvalue weighted by Gasteiger charge is -2.41. The summed E-state index contributed by atoms with van der Waals surface area (Å²) >= 11 is 0. The van der Waals surface area contributed by atoms with Crippen LogP contribution in [0.5, 0.6) is 5.75 Å². The summed E-state index contributed by atoms with van der Waals surface area (Å²) in [5.74, 6) is 0.896. The Labute approximate surface area is 116 Å². The highest BCUT2D eigenvalue weighted by molar-refractivity contribution is 5.42. The second-order valence-corrected chi connectivity index (χ2v) is 6.14. The summed E-state index contributed by atoms with van der Waals surface area (Å²) in [4.78, 5) is 2.43. The monoisotopic (exact) mass is 262 g/mol. The molecule has 1 aromatic carbocycles. The summed E-state index contributed by atoms with van der Waals surface area (Å²) in [6.07, 6.45) is 2.15. The molecule has 1 aromatic rings. The Morgan fingerprint density at radius 1 is 1.42 bits per heavy atom. The predicted molar refractivity (Wildman–Crippen MR) is 79.5 cm³/mol. The number of ether oxygens (including phenoxy) is 1. The Hall–Kier alpha value is -1.06. The minimum atomic E-state index is 0.0703. The fourth-order valence-corrected chi connectivity index (χ4v) is 2.83. The highest BCUT2D eigenvalue weighted by Crippen LogP contribution is 2.37. The number of methoxy groups -OCH3 is 1. The summed E-state index contributed by atoms with van der Waals surface area (Å²) in [7, 11) is 3.89. The van der Waals surface area contributed by atoms with Crippen molar-refractivity contribution in [3.63, 3.8) is 0 Å². The first-order chi connectivity index (χ1) is 8.90. The molecule has 0 amide bonds. The Balaban J connectivity index is 2.26. The molecule has 0 aromatic heterocycles. The zero-order valence-corrected chi connectivity index (χ0v) is 12.7. The summed E-state index contributed by atoms with van der Waals surface area (Å²) in [5.41, 5.74) is 9.24. The maximum Gasteiger partial charge on any atom is 0.119 e. The first-order valence-corrected chi connectivity index (χ1v) is 7.06. The van der Waals surface area contributed by atoms with Crippen LogP contribution in [0.25, 0.3) is 0 Å². The summed E-state index contributed by atoms with van der Waals surface area (Å²) < 4.78 is 5.30. The van der Waals surface area contributed by atoms with E-state index in [0.717, 1.165) is 18.6 Å². The second kappa shape index (κ2) is 5.14. The van der Waals surface area contributed by atoms with E-state index in [9.17, 15) is 0 Å². The van der Waals surface area contributed by atoms with Crippen molar-refractivity contribution < 1.29 is 4.74 Å². The molecule has 1 aliphatic rings. The topological polar surface area (TPSA) is 38.5 Å². The number of nitrogens with two attached hydrogens (primary N) is 1. The smallest absolute Gasteiger partial charge is 0.119 e. The molecule has 0 heterocycles. The fraction of sp³-hybridized carbons (Fsp3) is 0.625. The lowest BCUT2D eigenvalue weighted by Crippen LogP contribution is -2.50. The molecule has 0 spiro atoms. The quantitative estimate of drug-likeness (QED) is 0.906. The zero-order valence-electron chi connectivity index (χ0n) is 12.7. The van der Waals surface area contributed by atoms with Gasteiger partial charge < -0.3 is 10.5 Å². The van der Waals surface area contributed by atoms with Gasteiger partial charge in [-0.3, -0.25) is 4.90 Å². The van der Waals surface area contributed by atoms with Gasteiger partial charge in [-0.1, -0.05) is 13.0 Å². The first-order valence-electron chi connectivity index (χ1n) is 7.06. The van der Waals surface area contributed by atoms with E-state index in [-0.39, 0.29) is 11.6 Å². The highest BCUT2D eigenvalue weighted by atomic mass is 16.5. The van der Waals surface area contributed by atoms with E-state index < -0.39 is 0 Å². The minimum absolute atomic E-state index is 0.0703. The van der Waals surface area contributed by atoms with E-state index in [1.165, 1.54) is 11.1 Å². The number of likely N-dealkylation sites (N-methyl/N-ethyl adjacent to an activating group) is 1. The number of rotatable bonds is 4. The van der Waals surface area contributed by atoms with Gasteiger partial charge in [0.2, 0.25) is 0 Å². The van der Waals surface area contributed by atoms with Crippen molar-refractivity contribution >= 4 is 0 Å². The van der Waals surface area contributed by atoms with Crippen LogP contribution in [0.2, 0.25) is 0 Å². The van der Waals surface area contributed by atoms with Gasteiger partial charge in [-0.05, 0) is 57.0 Å². The van der Waals surface area contributed by atoms with E-state index in [1.807, 2.05) is 6.07 Å². The molecule has 19 heavy (non-hydrogen) atoms. The van der Waals surface area contributed by atoms with Crippen LogP contribution in [-0.4, -0.2) is 30.6 Å². The number of benzene rings is 1. The third-order valence-corrected chi connectivity index (χ3v) is 4.87. The molecule has 2 N–H and O–H groups in total. The van der Waals surface area contributed by atoms with Crippen molar-refractivity contribution in [3.8, 4) is 5.75 Å². The maximum atomic E-state index is 6.47. The van der Waals surface area contributed by atoms with Gasteiger partial charge in [-0.25, -0.2) is 0 Å². The first kappa shape index (κ1) is 14.4. The van der Waals surface area contributed by atoms with Gasteiger partial charge in [-0.2, -0.15) is 0 Å². The van der Waals surface area contributed by atoms with E-state index in [2.05, 4.69) is 44.9 Å². The fourth-order valence-electron chi connectivity index (χ4n) is 2.83. The van der Waals surface area contributed by atoms with Crippen LogP contribution in [0.4, 0.5) is 0 Å². The van der Waals surface area contributed by atoms with Crippen molar-refractivity contribution in [1.82, 2.24) is 4.90 Å². The highest BCUT2D eigenvalue weighted by Gasteiger charge is 2.37. The molecular formula is C16H26N2O. The molecule has 0 fully saturated rings. The largest absolute Gasteiger partial charge is 0.497 e. The molecule has 0 radical (unpaired) electrons. The third-order valence-electron chi connectivity index (χ3n) is 4.87. The molecule has 0 aliphatic heterocycles. The van der Waals surface area contributed by atoms with E-state index in [4.69, 9.17) is 10.5 Å². The molecule has 2 atom stereocenters. The molecule has 0 bridgehead atoms. The minimum Gasteiger partial charge on any atom is -0.497 e. The van der Waals surface area contributed by atoms with Crippen molar-refractivity contribution in [1.29, 1.82) is 0 Å². The summed E-state index contributed by atoms with van der Waals surface area (Å²) in [6.45, 7) is 6.79. The molecule has 0 saturated carbocycles. The number of nitrogens with zero attached hydrogens (tertiary/aromatic N) is 1. The molecule has 3 nitrogen and oxygen atoms in total. The number of hydrogen-bond donors (Lipinski definition) is 1. The number of hydrogen-bond acceptors (Lipinski definition) is 3. The van der Waals surface area contributed by atoms with Crippen LogP contribution in [0.1, 0.15) is 44.4 Å². The molecule has 0 saturated heterocycles. The van der Waals surface area contributed by atoms with Gasteiger partial charge in [-0.15, -0.1) is 0 Å². The third kappa shape index (κ3) is 2.49. The number of fused-ring (bicyclic) bond motifs is 1. The Kier molecular flexibility index (Phi) is 3.88. The lowest BCUT2D eigenvalue weighted by atomic mass is 9.95. The normalized spacial score (nSPS) is 22.7. The van der Waals surface area contributed by atoms with Crippen LogP contribution in [-0.2, 0) is 6.42 Å². The maximum absolute atomic E-state index is 6.47.